The quantitative estimate of drug-likeness (QED) is 0.867. The minimum absolute atomic E-state index is 0.414. The second-order valence-corrected chi connectivity index (χ2v) is 7.17. The van der Waals surface area contributed by atoms with E-state index in [1.54, 1.807) is 6.92 Å². The predicted octanol–water partition coefficient (Wildman–Crippen LogP) is 4.19. The van der Waals surface area contributed by atoms with Gasteiger partial charge < -0.3 is 14.6 Å². The molecule has 1 fully saturated rings. The molecule has 0 saturated carbocycles. The summed E-state index contributed by atoms with van der Waals surface area (Å²) in [5.74, 6) is 0.414. The maximum absolute atomic E-state index is 12.8. The van der Waals surface area contributed by atoms with Gasteiger partial charge in [-0.25, -0.2) is 4.98 Å². The summed E-state index contributed by atoms with van der Waals surface area (Å²) in [6, 6.07) is 3.33. The number of nitrogens with zero attached hydrogens (tertiary/aromatic N) is 2. The topological polar surface area (TPSA) is 41.2 Å². The van der Waals surface area contributed by atoms with Crippen LogP contribution in [0, 0.1) is 6.92 Å². The highest BCUT2D eigenvalue weighted by Crippen LogP contribution is 2.33. The van der Waals surface area contributed by atoms with Crippen molar-refractivity contribution in [1.29, 1.82) is 0 Å². The number of fused-ring (bicyclic) bond motifs is 1. The fourth-order valence-electron chi connectivity index (χ4n) is 3.91. The van der Waals surface area contributed by atoms with Gasteiger partial charge in [0.25, 0.3) is 0 Å². The van der Waals surface area contributed by atoms with Crippen molar-refractivity contribution in [2.75, 3.05) is 24.7 Å². The monoisotopic (exact) mass is 365 g/mol. The first-order valence-corrected chi connectivity index (χ1v) is 8.99. The average molecular weight is 365 g/mol. The molecular formula is C19H22F3N3O. The van der Waals surface area contributed by atoms with Crippen molar-refractivity contribution in [3.63, 3.8) is 0 Å². The van der Waals surface area contributed by atoms with E-state index in [-0.39, 0.29) is 0 Å². The van der Waals surface area contributed by atoms with Gasteiger partial charge in [0.2, 0.25) is 0 Å². The average Bonchev–Trinajstić information content (AvgIpc) is 3.05. The van der Waals surface area contributed by atoms with Gasteiger partial charge in [-0.15, -0.1) is 0 Å². The third kappa shape index (κ3) is 3.32. The first-order valence-electron chi connectivity index (χ1n) is 8.99. The Morgan fingerprint density at radius 3 is 2.85 bits per heavy atom. The molecule has 1 N–H and O–H groups in total. The number of aryl methyl sites for hydroxylation is 1. The van der Waals surface area contributed by atoms with Crippen molar-refractivity contribution in [1.82, 2.24) is 9.97 Å². The summed E-state index contributed by atoms with van der Waals surface area (Å²) >= 11 is 0. The lowest BCUT2D eigenvalue weighted by molar-refractivity contribution is -0.141. The number of halogens is 3. The van der Waals surface area contributed by atoms with E-state index >= 15 is 0 Å². The Bertz CT molecular complexity index is 794. The summed E-state index contributed by atoms with van der Waals surface area (Å²) in [5, 5.41) is 0. The van der Waals surface area contributed by atoms with Crippen LogP contribution in [0.1, 0.15) is 47.0 Å². The molecule has 1 atom stereocenters. The number of H-pyrrole nitrogens is 1. The molecule has 4 rings (SSSR count). The molecular weight excluding hydrogens is 343 g/mol. The third-order valence-electron chi connectivity index (χ3n) is 5.32. The lowest BCUT2D eigenvalue weighted by atomic mass is 9.98. The Kier molecular flexibility index (Phi) is 4.42. The van der Waals surface area contributed by atoms with Gasteiger partial charge in [-0.3, -0.25) is 0 Å². The highest BCUT2D eigenvalue weighted by Gasteiger charge is 2.33. The van der Waals surface area contributed by atoms with Gasteiger partial charge >= 0.3 is 6.18 Å². The van der Waals surface area contributed by atoms with Gasteiger partial charge in [-0.05, 0) is 43.0 Å². The van der Waals surface area contributed by atoms with Gasteiger partial charge in [0, 0.05) is 43.4 Å². The molecule has 2 aromatic heterocycles. The SMILES string of the molecule is Cc1cc(C(F)(F)F)ncc1N1CCc2[nH]c(C3CCCOC3)cc2C1. The van der Waals surface area contributed by atoms with Gasteiger partial charge in [-0.2, -0.15) is 13.2 Å². The largest absolute Gasteiger partial charge is 0.433 e. The predicted molar refractivity (Wildman–Crippen MR) is 92.3 cm³/mol. The normalized spacial score (nSPS) is 20.9. The fraction of sp³-hybridized carbons (Fsp3) is 0.526. The number of pyridine rings is 1. The Hall–Kier alpha value is -2.02. The van der Waals surface area contributed by atoms with Gasteiger partial charge in [0.05, 0.1) is 18.5 Å². The van der Waals surface area contributed by atoms with Crippen LogP contribution in [0.25, 0.3) is 0 Å². The maximum atomic E-state index is 12.8. The molecule has 26 heavy (non-hydrogen) atoms. The molecule has 0 aromatic carbocycles. The van der Waals surface area contributed by atoms with Crippen molar-refractivity contribution in [2.45, 2.75) is 44.8 Å². The van der Waals surface area contributed by atoms with Crippen LogP contribution in [-0.4, -0.2) is 29.7 Å². The first-order chi connectivity index (χ1) is 12.4. The van der Waals surface area contributed by atoms with Gasteiger partial charge in [0.1, 0.15) is 5.69 Å². The second-order valence-electron chi connectivity index (χ2n) is 7.17. The van der Waals surface area contributed by atoms with Crippen LogP contribution in [0.5, 0.6) is 0 Å². The van der Waals surface area contributed by atoms with Gasteiger partial charge in [0.15, 0.2) is 0 Å². The number of aromatic nitrogens is 2. The summed E-state index contributed by atoms with van der Waals surface area (Å²) < 4.78 is 44.1. The molecule has 0 amide bonds. The van der Waals surface area contributed by atoms with Crippen LogP contribution in [0.15, 0.2) is 18.3 Å². The molecule has 0 aliphatic carbocycles. The Morgan fingerprint density at radius 2 is 2.15 bits per heavy atom. The molecule has 0 bridgehead atoms. The highest BCUT2D eigenvalue weighted by atomic mass is 19.4. The Labute approximate surface area is 150 Å². The van der Waals surface area contributed by atoms with Gasteiger partial charge in [-0.1, -0.05) is 0 Å². The van der Waals surface area contributed by atoms with Crippen molar-refractivity contribution in [3.8, 4) is 0 Å². The van der Waals surface area contributed by atoms with E-state index < -0.39 is 11.9 Å². The van der Waals surface area contributed by atoms with Crippen LogP contribution >= 0.6 is 0 Å². The van der Waals surface area contributed by atoms with E-state index in [0.717, 1.165) is 50.8 Å². The number of rotatable bonds is 2. The molecule has 0 spiro atoms. The summed E-state index contributed by atoms with van der Waals surface area (Å²) in [5.41, 5.74) is 4.21. The molecule has 2 aromatic rings. The van der Waals surface area contributed by atoms with Crippen LogP contribution in [0.3, 0.4) is 0 Å². The zero-order valence-corrected chi connectivity index (χ0v) is 14.7. The zero-order chi connectivity index (χ0) is 18.3. The lowest BCUT2D eigenvalue weighted by Crippen LogP contribution is -2.30. The number of anilines is 1. The van der Waals surface area contributed by atoms with E-state index in [0.29, 0.717) is 18.0 Å². The van der Waals surface area contributed by atoms with Crippen molar-refractivity contribution < 1.29 is 17.9 Å². The van der Waals surface area contributed by atoms with Crippen LogP contribution in [0.2, 0.25) is 0 Å². The molecule has 1 unspecified atom stereocenters. The molecule has 4 heterocycles. The number of hydrogen-bond acceptors (Lipinski definition) is 3. The zero-order valence-electron chi connectivity index (χ0n) is 14.7. The fourth-order valence-corrected chi connectivity index (χ4v) is 3.91. The molecule has 4 nitrogen and oxygen atoms in total. The molecule has 140 valence electrons. The van der Waals surface area contributed by atoms with E-state index in [4.69, 9.17) is 4.74 Å². The van der Waals surface area contributed by atoms with E-state index in [1.807, 2.05) is 0 Å². The molecule has 0 radical (unpaired) electrons. The second kappa shape index (κ2) is 6.61. The number of hydrogen-bond donors (Lipinski definition) is 1. The smallest absolute Gasteiger partial charge is 0.381 e. The van der Waals surface area contributed by atoms with Crippen molar-refractivity contribution in [2.24, 2.45) is 0 Å². The van der Waals surface area contributed by atoms with E-state index in [9.17, 15) is 13.2 Å². The van der Waals surface area contributed by atoms with E-state index in [1.165, 1.54) is 23.1 Å². The number of nitrogens with one attached hydrogen (secondary N) is 1. The molecule has 2 aliphatic rings. The Balaban J connectivity index is 1.54. The lowest BCUT2D eigenvalue weighted by Gasteiger charge is -2.30. The molecule has 7 heteroatoms. The standard InChI is InChI=1S/C19H22F3N3O/c1-12-7-18(19(20,21)22)23-9-17(12)25-5-4-15-14(10-25)8-16(24-15)13-3-2-6-26-11-13/h7-9,13,24H,2-6,10-11H2,1H3. The summed E-state index contributed by atoms with van der Waals surface area (Å²) in [6.07, 6.45) is 0.00691. The number of ether oxygens (including phenoxy) is 1. The molecule has 1 saturated heterocycles. The number of alkyl halides is 3. The Morgan fingerprint density at radius 1 is 1.31 bits per heavy atom. The first kappa shape index (κ1) is 17.4. The van der Waals surface area contributed by atoms with E-state index in [2.05, 4.69) is 20.9 Å². The highest BCUT2D eigenvalue weighted by molar-refractivity contribution is 5.54. The van der Waals surface area contributed by atoms with Crippen molar-refractivity contribution >= 4 is 5.69 Å². The summed E-state index contributed by atoms with van der Waals surface area (Å²) in [7, 11) is 0. The van der Waals surface area contributed by atoms with Crippen molar-refractivity contribution in [3.05, 3.63) is 46.5 Å². The minimum Gasteiger partial charge on any atom is -0.381 e. The van der Waals surface area contributed by atoms with Crippen LogP contribution < -0.4 is 4.90 Å². The maximum Gasteiger partial charge on any atom is 0.433 e. The van der Waals surface area contributed by atoms with Crippen LogP contribution in [-0.2, 0) is 23.9 Å². The summed E-state index contributed by atoms with van der Waals surface area (Å²) in [4.78, 5) is 9.29. The summed E-state index contributed by atoms with van der Waals surface area (Å²) in [6.45, 7) is 4.76. The third-order valence-corrected chi connectivity index (χ3v) is 5.32. The number of aromatic amines is 1. The minimum atomic E-state index is -4.41. The van der Waals surface area contributed by atoms with Crippen LogP contribution in [0.4, 0.5) is 18.9 Å². The molecule has 2 aliphatic heterocycles.